The first-order valence-electron chi connectivity index (χ1n) is 4.98. The fourth-order valence-corrected chi connectivity index (χ4v) is 1.54. The first kappa shape index (κ1) is 11.7. The van der Waals surface area contributed by atoms with Gasteiger partial charge in [0.15, 0.2) is 23.4 Å². The standard InChI is InChI=1S/C11H11FO5/c1-15-11(14)9(13)6-4-7(12)10-8(5-6)16-2-3-17-10/h4-5,9,13H,2-3H2,1H3. The summed E-state index contributed by atoms with van der Waals surface area (Å²) in [5.74, 6) is -1.37. The number of esters is 1. The molecule has 0 aliphatic carbocycles. The lowest BCUT2D eigenvalue weighted by Gasteiger charge is -2.20. The van der Waals surface area contributed by atoms with Gasteiger partial charge in [-0.15, -0.1) is 0 Å². The lowest BCUT2D eigenvalue weighted by Crippen LogP contribution is -2.18. The highest BCUT2D eigenvalue weighted by atomic mass is 19.1. The summed E-state index contributed by atoms with van der Waals surface area (Å²) in [6.45, 7) is 0.563. The Morgan fingerprint density at radius 1 is 1.47 bits per heavy atom. The second kappa shape index (κ2) is 4.58. The Hall–Kier alpha value is -1.82. The molecule has 0 radical (unpaired) electrons. The Balaban J connectivity index is 2.37. The average Bonchev–Trinajstić information content (AvgIpc) is 2.37. The van der Waals surface area contributed by atoms with Gasteiger partial charge in [-0.25, -0.2) is 9.18 Å². The Morgan fingerprint density at radius 3 is 2.88 bits per heavy atom. The van der Waals surface area contributed by atoms with E-state index in [9.17, 15) is 14.3 Å². The van der Waals surface area contributed by atoms with Crippen molar-refractivity contribution in [1.82, 2.24) is 0 Å². The molecular weight excluding hydrogens is 231 g/mol. The molecule has 0 fully saturated rings. The number of halogens is 1. The maximum Gasteiger partial charge on any atom is 0.339 e. The van der Waals surface area contributed by atoms with Crippen molar-refractivity contribution >= 4 is 5.97 Å². The minimum Gasteiger partial charge on any atom is -0.486 e. The van der Waals surface area contributed by atoms with Gasteiger partial charge in [0.2, 0.25) is 0 Å². The molecule has 1 aromatic rings. The van der Waals surface area contributed by atoms with Gasteiger partial charge in [0.25, 0.3) is 0 Å². The molecule has 0 bridgehead atoms. The summed E-state index contributed by atoms with van der Waals surface area (Å²) in [5, 5.41) is 9.58. The van der Waals surface area contributed by atoms with Gasteiger partial charge < -0.3 is 19.3 Å². The van der Waals surface area contributed by atoms with E-state index in [1.54, 1.807) is 0 Å². The number of rotatable bonds is 2. The number of benzene rings is 1. The van der Waals surface area contributed by atoms with E-state index in [0.717, 1.165) is 13.2 Å². The zero-order valence-electron chi connectivity index (χ0n) is 9.10. The molecule has 1 aliphatic heterocycles. The number of hydrogen-bond acceptors (Lipinski definition) is 5. The fourth-order valence-electron chi connectivity index (χ4n) is 1.54. The third-order valence-electron chi connectivity index (χ3n) is 2.36. The lowest BCUT2D eigenvalue weighted by atomic mass is 10.1. The monoisotopic (exact) mass is 242 g/mol. The van der Waals surface area contributed by atoms with Crippen LogP contribution in [0.4, 0.5) is 4.39 Å². The number of aliphatic hydroxyl groups is 1. The molecule has 1 atom stereocenters. The van der Waals surface area contributed by atoms with E-state index >= 15 is 0 Å². The van der Waals surface area contributed by atoms with Crippen LogP contribution >= 0.6 is 0 Å². The van der Waals surface area contributed by atoms with Crippen LogP contribution in [-0.2, 0) is 9.53 Å². The maximum atomic E-state index is 13.6. The smallest absolute Gasteiger partial charge is 0.339 e. The summed E-state index contributed by atoms with van der Waals surface area (Å²) in [7, 11) is 1.14. The molecule has 17 heavy (non-hydrogen) atoms. The Bertz CT molecular complexity index is 446. The van der Waals surface area contributed by atoms with Crippen LogP contribution in [0, 0.1) is 5.82 Å². The predicted molar refractivity (Wildman–Crippen MR) is 54.4 cm³/mol. The van der Waals surface area contributed by atoms with Crippen molar-refractivity contribution in [1.29, 1.82) is 0 Å². The quantitative estimate of drug-likeness (QED) is 0.777. The molecule has 0 saturated carbocycles. The fraction of sp³-hybridized carbons (Fsp3) is 0.364. The first-order valence-corrected chi connectivity index (χ1v) is 4.98. The normalized spacial score (nSPS) is 15.2. The SMILES string of the molecule is COC(=O)C(O)c1cc(F)c2c(c1)OCCO2. The average molecular weight is 242 g/mol. The molecule has 1 N–H and O–H groups in total. The first-order chi connectivity index (χ1) is 8.13. The van der Waals surface area contributed by atoms with Crippen molar-refractivity contribution in [3.05, 3.63) is 23.5 Å². The van der Waals surface area contributed by atoms with Crippen LogP contribution in [0.1, 0.15) is 11.7 Å². The van der Waals surface area contributed by atoms with Crippen molar-refractivity contribution in [3.8, 4) is 11.5 Å². The van der Waals surface area contributed by atoms with E-state index in [1.807, 2.05) is 0 Å². The highest BCUT2D eigenvalue weighted by molar-refractivity contribution is 5.76. The molecular formula is C11H11FO5. The number of hydrogen-bond donors (Lipinski definition) is 1. The number of fused-ring (bicyclic) bond motifs is 1. The third kappa shape index (κ3) is 2.16. The summed E-state index contributed by atoms with van der Waals surface area (Å²) in [4.78, 5) is 11.1. The van der Waals surface area contributed by atoms with Gasteiger partial charge in [-0.05, 0) is 17.7 Å². The maximum absolute atomic E-state index is 13.6. The summed E-state index contributed by atoms with van der Waals surface area (Å²) in [5.41, 5.74) is 0.0681. The Kier molecular flexibility index (Phi) is 3.14. The van der Waals surface area contributed by atoms with Crippen LogP contribution in [-0.4, -0.2) is 31.4 Å². The number of ether oxygens (including phenoxy) is 3. The van der Waals surface area contributed by atoms with E-state index < -0.39 is 17.9 Å². The van der Waals surface area contributed by atoms with E-state index in [0.29, 0.717) is 6.61 Å². The van der Waals surface area contributed by atoms with Gasteiger partial charge in [0.05, 0.1) is 7.11 Å². The summed E-state index contributed by atoms with van der Waals surface area (Å²) in [6.07, 6.45) is -1.54. The second-order valence-electron chi connectivity index (χ2n) is 3.45. The number of carbonyl (C=O) groups is 1. The summed E-state index contributed by atoms with van der Waals surface area (Å²) < 4.78 is 28.2. The summed E-state index contributed by atoms with van der Waals surface area (Å²) in [6, 6.07) is 2.38. The van der Waals surface area contributed by atoms with Crippen LogP contribution < -0.4 is 9.47 Å². The van der Waals surface area contributed by atoms with Crippen LogP contribution in [0.2, 0.25) is 0 Å². The molecule has 1 unspecified atom stereocenters. The van der Waals surface area contributed by atoms with Gasteiger partial charge in [-0.2, -0.15) is 0 Å². The summed E-state index contributed by atoms with van der Waals surface area (Å²) >= 11 is 0. The Morgan fingerprint density at radius 2 is 2.18 bits per heavy atom. The van der Waals surface area contributed by atoms with Crippen LogP contribution in [0.5, 0.6) is 11.5 Å². The van der Waals surface area contributed by atoms with Gasteiger partial charge >= 0.3 is 5.97 Å². The zero-order valence-corrected chi connectivity index (χ0v) is 9.10. The largest absolute Gasteiger partial charge is 0.486 e. The molecule has 5 nitrogen and oxygen atoms in total. The van der Waals surface area contributed by atoms with E-state index in [-0.39, 0.29) is 23.7 Å². The van der Waals surface area contributed by atoms with Crippen molar-refractivity contribution in [3.63, 3.8) is 0 Å². The van der Waals surface area contributed by atoms with Crippen molar-refractivity contribution in [2.24, 2.45) is 0 Å². The molecule has 0 saturated heterocycles. The molecule has 0 amide bonds. The highest BCUT2D eigenvalue weighted by Gasteiger charge is 2.24. The minimum atomic E-state index is -1.54. The molecule has 0 spiro atoms. The molecule has 6 heteroatoms. The molecule has 1 aromatic carbocycles. The number of aliphatic hydroxyl groups excluding tert-OH is 1. The topological polar surface area (TPSA) is 65.0 Å². The molecule has 0 aromatic heterocycles. The van der Waals surface area contributed by atoms with Gasteiger partial charge in [-0.3, -0.25) is 0 Å². The van der Waals surface area contributed by atoms with Gasteiger partial charge in [0.1, 0.15) is 13.2 Å². The zero-order chi connectivity index (χ0) is 12.4. The lowest BCUT2D eigenvalue weighted by molar-refractivity contribution is -0.150. The van der Waals surface area contributed by atoms with Crippen molar-refractivity contribution in [2.75, 3.05) is 20.3 Å². The highest BCUT2D eigenvalue weighted by Crippen LogP contribution is 2.35. The molecule has 2 rings (SSSR count). The predicted octanol–water partition coefficient (Wildman–Crippen LogP) is 0.803. The van der Waals surface area contributed by atoms with Crippen molar-refractivity contribution in [2.45, 2.75) is 6.10 Å². The number of carbonyl (C=O) groups excluding carboxylic acids is 1. The van der Waals surface area contributed by atoms with Gasteiger partial charge in [-0.1, -0.05) is 0 Å². The second-order valence-corrected chi connectivity index (χ2v) is 3.45. The van der Waals surface area contributed by atoms with Crippen molar-refractivity contribution < 1.29 is 28.5 Å². The van der Waals surface area contributed by atoms with Crippen LogP contribution in [0.3, 0.4) is 0 Å². The minimum absolute atomic E-state index is 0.00272. The number of methoxy groups -OCH3 is 1. The van der Waals surface area contributed by atoms with Crippen LogP contribution in [0.15, 0.2) is 12.1 Å². The van der Waals surface area contributed by atoms with E-state index in [1.165, 1.54) is 6.07 Å². The molecule has 1 aliphatic rings. The van der Waals surface area contributed by atoms with E-state index in [4.69, 9.17) is 9.47 Å². The molecule has 92 valence electrons. The van der Waals surface area contributed by atoms with Crippen LogP contribution in [0.25, 0.3) is 0 Å². The molecule has 1 heterocycles. The Labute approximate surface area is 96.7 Å². The van der Waals surface area contributed by atoms with E-state index in [2.05, 4.69) is 4.74 Å². The third-order valence-corrected chi connectivity index (χ3v) is 2.36. The van der Waals surface area contributed by atoms with Gasteiger partial charge in [0, 0.05) is 0 Å².